The van der Waals surface area contributed by atoms with E-state index in [1.165, 1.54) is 6.07 Å². The van der Waals surface area contributed by atoms with Crippen molar-refractivity contribution >= 4 is 31.7 Å². The van der Waals surface area contributed by atoms with Crippen LogP contribution in [0.4, 0.5) is 19.8 Å². The van der Waals surface area contributed by atoms with Gasteiger partial charge in [-0.05, 0) is 69.3 Å². The van der Waals surface area contributed by atoms with E-state index in [2.05, 4.69) is 48.7 Å². The van der Waals surface area contributed by atoms with Crippen LogP contribution in [0.3, 0.4) is 0 Å². The van der Waals surface area contributed by atoms with Gasteiger partial charge in [-0.1, -0.05) is 39.6 Å². The molecule has 0 radical (unpaired) electrons. The fourth-order valence-corrected chi connectivity index (χ4v) is 7.28. The Morgan fingerprint density at radius 1 is 1.14 bits per heavy atom. The smallest absolute Gasteiger partial charge is 0.410 e. The van der Waals surface area contributed by atoms with Gasteiger partial charge in [-0.25, -0.2) is 33.1 Å². The maximum absolute atomic E-state index is 15.6. The molecule has 3 aromatic heterocycles. The van der Waals surface area contributed by atoms with Crippen LogP contribution in [0.5, 0.6) is 0 Å². The van der Waals surface area contributed by atoms with E-state index in [1.807, 2.05) is 25.7 Å². The highest BCUT2D eigenvalue weighted by Gasteiger charge is 2.43. The summed E-state index contributed by atoms with van der Waals surface area (Å²) in [6, 6.07) is 7.30. The normalized spacial score (nSPS) is 18.5. The molecule has 2 fully saturated rings. The molecule has 2 aliphatic heterocycles. The molecule has 2 atom stereocenters. The Hall–Kier alpha value is -4.37. The summed E-state index contributed by atoms with van der Waals surface area (Å²) in [4.78, 5) is 41.6. The number of anilines is 1. The number of halogens is 1. The van der Waals surface area contributed by atoms with Gasteiger partial charge in [-0.2, -0.15) is 5.10 Å². The Balaban J connectivity index is 1.20. The zero-order valence-electron chi connectivity index (χ0n) is 31.0. The molecule has 1 aromatic carbocycles. The Kier molecular flexibility index (Phi) is 10.2. The third-order valence-electron chi connectivity index (χ3n) is 9.30. The van der Waals surface area contributed by atoms with Crippen LogP contribution in [-0.4, -0.2) is 103 Å². The van der Waals surface area contributed by atoms with Crippen molar-refractivity contribution in [3.8, 4) is 22.5 Å². The first-order chi connectivity index (χ1) is 24.1. The molecular formula is C36H50FN9O4Si. The average Bonchev–Trinajstić information content (AvgIpc) is 3.85. The second-order valence-corrected chi connectivity index (χ2v) is 21.7. The molecular weight excluding hydrogens is 670 g/mol. The molecule has 274 valence electrons. The number of urea groups is 1. The number of rotatable bonds is 11. The van der Waals surface area contributed by atoms with E-state index in [4.69, 9.17) is 14.5 Å². The lowest BCUT2D eigenvalue weighted by molar-refractivity contribution is 0.0208. The summed E-state index contributed by atoms with van der Waals surface area (Å²) >= 11 is 0. The number of amides is 3. The number of carbonyl (C=O) groups excluding carboxylic acids is 2. The first-order valence-corrected chi connectivity index (χ1v) is 21.5. The maximum atomic E-state index is 15.6. The second kappa shape index (κ2) is 14.3. The highest BCUT2D eigenvalue weighted by molar-refractivity contribution is 6.76. The monoisotopic (exact) mass is 719 g/mol. The lowest BCUT2D eigenvalue weighted by Gasteiger charge is -2.30. The van der Waals surface area contributed by atoms with Gasteiger partial charge in [-0.15, -0.1) is 5.10 Å². The molecule has 2 saturated heterocycles. The predicted molar refractivity (Wildman–Crippen MR) is 196 cm³/mol. The molecule has 51 heavy (non-hydrogen) atoms. The quantitative estimate of drug-likeness (QED) is 0.123. The number of benzene rings is 1. The summed E-state index contributed by atoms with van der Waals surface area (Å²) in [6.07, 6.45) is 6.28. The predicted octanol–water partition coefficient (Wildman–Crippen LogP) is 6.77. The fraction of sp³-hybridized carbons (Fsp3) is 0.556. The SMILES string of the molecule is CC(C)C1CN(CC2CCCN2C(=O)OC(C)(C)C)C(=O)N1c1ccn2ncc(-c3ccc(-c4ncn(COCC[Si](C)(C)C)n4)c(F)c3)c2n1. The number of fused-ring (bicyclic) bond motifs is 1. The number of ether oxygens (including phenoxy) is 2. The molecule has 0 saturated carbocycles. The van der Waals surface area contributed by atoms with Crippen molar-refractivity contribution in [3.05, 3.63) is 48.8 Å². The Bertz CT molecular complexity index is 1880. The van der Waals surface area contributed by atoms with E-state index in [9.17, 15) is 9.59 Å². The summed E-state index contributed by atoms with van der Waals surface area (Å²) < 4.78 is 30.2. The minimum Gasteiger partial charge on any atom is -0.444 e. The fourth-order valence-electron chi connectivity index (χ4n) is 6.53. The Morgan fingerprint density at radius 2 is 1.92 bits per heavy atom. The molecule has 5 heterocycles. The van der Waals surface area contributed by atoms with E-state index in [0.29, 0.717) is 48.8 Å². The Morgan fingerprint density at radius 3 is 2.63 bits per heavy atom. The standard InChI is InChI=1S/C36H50FN9O4Si/c1-24(2)30-21-42(20-26-10-9-14-44(26)35(48)50-36(3,4)5)34(47)46(30)31-13-15-45-33(40-31)28(19-39-45)25-11-12-27(29(37)18-25)32-38-22-43(41-32)23-49-16-17-51(6,7)8/h11-13,15,18-19,22,24,26,30H,9-10,14,16-17,20-21,23H2,1-8H3. The first-order valence-electron chi connectivity index (χ1n) is 17.8. The van der Waals surface area contributed by atoms with Crippen molar-refractivity contribution in [1.82, 2.24) is 39.2 Å². The molecule has 6 rings (SSSR count). The molecule has 2 unspecified atom stereocenters. The Labute approximate surface area is 299 Å². The summed E-state index contributed by atoms with van der Waals surface area (Å²) in [5.74, 6) is 0.432. The van der Waals surface area contributed by atoms with E-state index < -0.39 is 19.5 Å². The molecule has 0 bridgehead atoms. The molecule has 0 N–H and O–H groups in total. The number of hydrogen-bond acceptors (Lipinski definition) is 8. The van der Waals surface area contributed by atoms with Crippen LogP contribution in [0.1, 0.15) is 47.5 Å². The van der Waals surface area contributed by atoms with E-state index in [-0.39, 0.29) is 48.2 Å². The van der Waals surface area contributed by atoms with Gasteiger partial charge in [0.2, 0.25) is 0 Å². The zero-order chi connectivity index (χ0) is 36.7. The van der Waals surface area contributed by atoms with Gasteiger partial charge in [-0.3, -0.25) is 4.90 Å². The van der Waals surface area contributed by atoms with Gasteiger partial charge >= 0.3 is 12.1 Å². The average molecular weight is 720 g/mol. The summed E-state index contributed by atoms with van der Waals surface area (Å²) in [6.45, 7) is 19.1. The van der Waals surface area contributed by atoms with Crippen molar-refractivity contribution in [2.75, 3.05) is 31.1 Å². The van der Waals surface area contributed by atoms with Crippen molar-refractivity contribution in [3.63, 3.8) is 0 Å². The van der Waals surface area contributed by atoms with Gasteiger partial charge in [0.1, 0.15) is 30.3 Å². The van der Waals surface area contributed by atoms with Crippen molar-refractivity contribution in [1.29, 1.82) is 0 Å². The molecule has 3 amide bonds. The lowest BCUT2D eigenvalue weighted by Crippen LogP contribution is -2.46. The van der Waals surface area contributed by atoms with E-state index in [0.717, 1.165) is 18.9 Å². The highest BCUT2D eigenvalue weighted by atomic mass is 28.3. The van der Waals surface area contributed by atoms with Gasteiger partial charge in [0, 0.05) is 46.1 Å². The van der Waals surface area contributed by atoms with Gasteiger partial charge in [0.15, 0.2) is 11.5 Å². The zero-order valence-corrected chi connectivity index (χ0v) is 32.0. The van der Waals surface area contributed by atoms with Crippen LogP contribution in [0.25, 0.3) is 28.2 Å². The van der Waals surface area contributed by atoms with Gasteiger partial charge in [0.05, 0.1) is 23.8 Å². The van der Waals surface area contributed by atoms with Gasteiger partial charge < -0.3 is 19.3 Å². The topological polar surface area (TPSA) is 123 Å². The molecule has 4 aromatic rings. The van der Waals surface area contributed by atoms with Crippen LogP contribution in [0, 0.1) is 11.7 Å². The van der Waals surface area contributed by atoms with Crippen molar-refractivity contribution < 1.29 is 23.5 Å². The third-order valence-corrected chi connectivity index (χ3v) is 11.0. The number of carbonyl (C=O) groups is 2. The van der Waals surface area contributed by atoms with Crippen LogP contribution >= 0.6 is 0 Å². The molecule has 13 nitrogen and oxygen atoms in total. The third kappa shape index (κ3) is 8.25. The summed E-state index contributed by atoms with van der Waals surface area (Å²) in [5.41, 5.74) is 1.39. The lowest BCUT2D eigenvalue weighted by atomic mass is 10.0. The number of aromatic nitrogens is 6. The number of hydrogen-bond donors (Lipinski definition) is 0. The second-order valence-electron chi connectivity index (χ2n) is 16.1. The van der Waals surface area contributed by atoms with Crippen molar-refractivity contribution in [2.24, 2.45) is 5.92 Å². The van der Waals surface area contributed by atoms with Crippen LogP contribution in [0.2, 0.25) is 25.7 Å². The molecule has 2 aliphatic rings. The van der Waals surface area contributed by atoms with Crippen LogP contribution in [0.15, 0.2) is 43.0 Å². The number of nitrogens with zero attached hydrogens (tertiary/aromatic N) is 9. The summed E-state index contributed by atoms with van der Waals surface area (Å²) in [5, 5.41) is 8.89. The minimum atomic E-state index is -1.20. The maximum Gasteiger partial charge on any atom is 0.410 e. The largest absolute Gasteiger partial charge is 0.444 e. The number of likely N-dealkylation sites (tertiary alicyclic amines) is 1. The molecule has 0 aliphatic carbocycles. The van der Waals surface area contributed by atoms with E-state index in [1.54, 1.807) is 55.9 Å². The molecule has 15 heteroatoms. The van der Waals surface area contributed by atoms with Crippen molar-refractivity contribution in [2.45, 2.75) is 97.6 Å². The highest BCUT2D eigenvalue weighted by Crippen LogP contribution is 2.33. The molecule has 0 spiro atoms. The summed E-state index contributed by atoms with van der Waals surface area (Å²) in [7, 11) is -1.20. The van der Waals surface area contributed by atoms with Crippen LogP contribution in [-0.2, 0) is 16.2 Å². The minimum absolute atomic E-state index is 0.122. The van der Waals surface area contributed by atoms with Crippen LogP contribution < -0.4 is 4.90 Å². The van der Waals surface area contributed by atoms with Gasteiger partial charge in [0.25, 0.3) is 0 Å². The first kappa shape index (κ1) is 36.4. The van der Waals surface area contributed by atoms with E-state index >= 15 is 4.39 Å².